The molecule has 0 saturated carbocycles. The zero-order valence-electron chi connectivity index (χ0n) is 11.7. The van der Waals surface area contributed by atoms with Crippen molar-refractivity contribution in [1.82, 2.24) is 10.0 Å². The third-order valence-electron chi connectivity index (χ3n) is 2.89. The Morgan fingerprint density at radius 3 is 2.42 bits per heavy atom. The van der Waals surface area contributed by atoms with Gasteiger partial charge in [0.15, 0.2) is 0 Å². The van der Waals surface area contributed by atoms with Crippen LogP contribution in [0.4, 0.5) is 0 Å². The van der Waals surface area contributed by atoms with Gasteiger partial charge in [-0.15, -0.1) is 0 Å². The molecule has 0 fully saturated rings. The van der Waals surface area contributed by atoms with Crippen molar-refractivity contribution in [3.63, 3.8) is 0 Å². The number of hydrogen-bond acceptors (Lipinski definition) is 3. The van der Waals surface area contributed by atoms with Gasteiger partial charge >= 0.3 is 0 Å². The largest absolute Gasteiger partial charge is 0.310 e. The van der Waals surface area contributed by atoms with E-state index < -0.39 is 10.0 Å². The summed E-state index contributed by atoms with van der Waals surface area (Å²) in [5, 5.41) is 3.49. The van der Waals surface area contributed by atoms with Crippen LogP contribution >= 0.6 is 0 Å². The number of nitrogens with one attached hydrogen (secondary N) is 2. The Hall–Kier alpha value is -0.910. The molecule has 0 radical (unpaired) electrons. The van der Waals surface area contributed by atoms with E-state index in [9.17, 15) is 8.42 Å². The predicted molar refractivity (Wildman–Crippen MR) is 79.6 cm³/mol. The van der Waals surface area contributed by atoms with Gasteiger partial charge in [-0.1, -0.05) is 43.7 Å². The molecule has 0 aromatic heterocycles. The Balaban J connectivity index is 2.35. The van der Waals surface area contributed by atoms with Gasteiger partial charge < -0.3 is 5.32 Å². The average Bonchev–Trinajstić information content (AvgIpc) is 2.37. The Kier molecular flexibility index (Phi) is 7.05. The summed E-state index contributed by atoms with van der Waals surface area (Å²) in [6.07, 6.45) is 4.18. The van der Waals surface area contributed by atoms with Crippen LogP contribution in [-0.4, -0.2) is 27.8 Å². The number of benzene rings is 1. The second kappa shape index (κ2) is 8.30. The first-order valence-electron chi connectivity index (χ1n) is 6.76. The summed E-state index contributed by atoms with van der Waals surface area (Å²) >= 11 is 0. The topological polar surface area (TPSA) is 58.2 Å². The summed E-state index contributed by atoms with van der Waals surface area (Å²) in [4.78, 5) is 0. The van der Waals surface area contributed by atoms with Crippen LogP contribution in [0.1, 0.15) is 37.8 Å². The van der Waals surface area contributed by atoms with Gasteiger partial charge in [0.2, 0.25) is 10.0 Å². The van der Waals surface area contributed by atoms with E-state index in [4.69, 9.17) is 0 Å². The second-order valence-corrected chi connectivity index (χ2v) is 6.56. The first-order chi connectivity index (χ1) is 9.03. The molecule has 2 N–H and O–H groups in total. The Morgan fingerprint density at radius 2 is 1.84 bits per heavy atom. The predicted octanol–water partition coefficient (Wildman–Crippen LogP) is 2.06. The van der Waals surface area contributed by atoms with E-state index >= 15 is 0 Å². The lowest BCUT2D eigenvalue weighted by Gasteiger charge is -2.18. The summed E-state index contributed by atoms with van der Waals surface area (Å²) in [6.45, 7) is 3.46. The van der Waals surface area contributed by atoms with Crippen LogP contribution in [-0.2, 0) is 10.0 Å². The van der Waals surface area contributed by atoms with Gasteiger partial charge in [-0.3, -0.25) is 0 Å². The summed E-state index contributed by atoms with van der Waals surface area (Å²) in [5.41, 5.74) is 1.29. The van der Waals surface area contributed by atoms with Crippen LogP contribution in [0.5, 0.6) is 0 Å². The number of sulfonamides is 1. The highest BCUT2D eigenvalue weighted by molar-refractivity contribution is 7.88. The van der Waals surface area contributed by atoms with E-state index in [2.05, 4.69) is 29.1 Å². The third kappa shape index (κ3) is 7.30. The van der Waals surface area contributed by atoms with Crippen molar-refractivity contribution in [2.45, 2.75) is 32.2 Å². The Morgan fingerprint density at radius 1 is 1.16 bits per heavy atom. The molecular weight excluding hydrogens is 260 g/mol. The zero-order valence-corrected chi connectivity index (χ0v) is 12.5. The normalized spacial score (nSPS) is 13.4. The molecule has 0 aliphatic heterocycles. The van der Waals surface area contributed by atoms with Crippen LogP contribution in [0.2, 0.25) is 0 Å². The molecule has 5 heteroatoms. The molecule has 0 aliphatic rings. The molecule has 1 aromatic rings. The number of hydrogen-bond donors (Lipinski definition) is 2. The lowest BCUT2D eigenvalue weighted by atomic mass is 10.0. The van der Waals surface area contributed by atoms with Crippen molar-refractivity contribution in [3.05, 3.63) is 35.9 Å². The van der Waals surface area contributed by atoms with Gasteiger partial charge in [0, 0.05) is 12.6 Å². The maximum absolute atomic E-state index is 10.9. The van der Waals surface area contributed by atoms with E-state index in [0.29, 0.717) is 12.6 Å². The monoisotopic (exact) mass is 284 g/mol. The van der Waals surface area contributed by atoms with Gasteiger partial charge in [0.1, 0.15) is 0 Å². The van der Waals surface area contributed by atoms with Gasteiger partial charge in [-0.2, -0.15) is 0 Å². The van der Waals surface area contributed by atoms with Crippen molar-refractivity contribution in [2.75, 3.05) is 19.3 Å². The van der Waals surface area contributed by atoms with Crippen molar-refractivity contribution >= 4 is 10.0 Å². The highest BCUT2D eigenvalue weighted by atomic mass is 32.2. The molecule has 1 aromatic carbocycles. The maximum atomic E-state index is 10.9. The molecule has 0 aliphatic carbocycles. The van der Waals surface area contributed by atoms with E-state index in [0.717, 1.165) is 25.8 Å². The first kappa shape index (κ1) is 16.1. The third-order valence-corrected chi connectivity index (χ3v) is 3.62. The minimum Gasteiger partial charge on any atom is -0.310 e. The molecule has 0 amide bonds. The lowest BCUT2D eigenvalue weighted by Crippen LogP contribution is -2.28. The summed E-state index contributed by atoms with van der Waals surface area (Å²) in [6, 6.07) is 10.7. The molecule has 19 heavy (non-hydrogen) atoms. The maximum Gasteiger partial charge on any atom is 0.208 e. The molecular formula is C14H24N2O2S. The SMILES string of the molecule is CCCC(NCCCNS(C)(=O)=O)c1ccccc1. The molecule has 1 atom stereocenters. The summed E-state index contributed by atoms with van der Waals surface area (Å²) in [5.74, 6) is 0. The molecule has 0 heterocycles. The minimum atomic E-state index is -3.06. The second-order valence-electron chi connectivity index (χ2n) is 4.73. The Labute approximate surface area is 116 Å². The fourth-order valence-corrected chi connectivity index (χ4v) is 2.50. The van der Waals surface area contributed by atoms with Gasteiger partial charge in [-0.05, 0) is 24.9 Å². The highest BCUT2D eigenvalue weighted by Crippen LogP contribution is 2.17. The van der Waals surface area contributed by atoms with Crippen molar-refractivity contribution in [3.8, 4) is 0 Å². The zero-order chi connectivity index (χ0) is 14.1. The van der Waals surface area contributed by atoms with E-state index in [1.165, 1.54) is 11.8 Å². The fourth-order valence-electron chi connectivity index (χ4n) is 1.98. The summed E-state index contributed by atoms with van der Waals surface area (Å²) < 4.78 is 24.3. The van der Waals surface area contributed by atoms with Crippen LogP contribution < -0.4 is 10.0 Å². The van der Waals surface area contributed by atoms with Crippen molar-refractivity contribution < 1.29 is 8.42 Å². The highest BCUT2D eigenvalue weighted by Gasteiger charge is 2.08. The van der Waals surface area contributed by atoms with Crippen LogP contribution in [0.25, 0.3) is 0 Å². The van der Waals surface area contributed by atoms with Gasteiger partial charge in [0.05, 0.1) is 6.26 Å². The van der Waals surface area contributed by atoms with Crippen molar-refractivity contribution in [2.24, 2.45) is 0 Å². The average molecular weight is 284 g/mol. The molecule has 1 unspecified atom stereocenters. The number of rotatable bonds is 9. The van der Waals surface area contributed by atoms with Gasteiger partial charge in [0.25, 0.3) is 0 Å². The lowest BCUT2D eigenvalue weighted by molar-refractivity contribution is 0.486. The molecule has 1 rings (SSSR count). The molecule has 0 saturated heterocycles. The van der Waals surface area contributed by atoms with E-state index in [1.54, 1.807) is 0 Å². The van der Waals surface area contributed by atoms with E-state index in [-0.39, 0.29) is 0 Å². The smallest absolute Gasteiger partial charge is 0.208 e. The first-order valence-corrected chi connectivity index (χ1v) is 8.65. The van der Waals surface area contributed by atoms with Crippen LogP contribution in [0, 0.1) is 0 Å². The molecule has 0 spiro atoms. The molecule has 4 nitrogen and oxygen atoms in total. The Bertz CT molecular complexity index is 446. The summed E-state index contributed by atoms with van der Waals surface area (Å²) in [7, 11) is -3.06. The molecule has 108 valence electrons. The molecule has 0 bridgehead atoms. The van der Waals surface area contributed by atoms with Crippen LogP contribution in [0.15, 0.2) is 30.3 Å². The standard InChI is InChI=1S/C14H24N2O2S/c1-3-8-14(13-9-5-4-6-10-13)15-11-7-12-16-19(2,17)18/h4-6,9-10,14-16H,3,7-8,11-12H2,1-2H3. The van der Waals surface area contributed by atoms with Crippen molar-refractivity contribution in [1.29, 1.82) is 0 Å². The van der Waals surface area contributed by atoms with Crippen LogP contribution in [0.3, 0.4) is 0 Å². The van der Waals surface area contributed by atoms with E-state index in [1.807, 2.05) is 18.2 Å². The minimum absolute atomic E-state index is 0.351. The quantitative estimate of drug-likeness (QED) is 0.682. The van der Waals surface area contributed by atoms with Gasteiger partial charge in [-0.25, -0.2) is 13.1 Å². The fraction of sp³-hybridized carbons (Fsp3) is 0.571.